The van der Waals surface area contributed by atoms with Crippen molar-refractivity contribution in [3.05, 3.63) is 11.8 Å². The molecule has 18 heavy (non-hydrogen) atoms. The van der Waals surface area contributed by atoms with E-state index in [4.69, 9.17) is 4.52 Å². The zero-order valence-corrected chi connectivity index (χ0v) is 10.5. The molecule has 3 rings (SSSR count). The highest BCUT2D eigenvalue weighted by Crippen LogP contribution is 2.18. The first-order valence-corrected chi connectivity index (χ1v) is 6.07. The summed E-state index contributed by atoms with van der Waals surface area (Å²) in [4.78, 5) is 6.61. The van der Waals surface area contributed by atoms with Crippen molar-refractivity contribution in [3.8, 4) is 11.6 Å². The molecule has 3 heterocycles. The van der Waals surface area contributed by atoms with Crippen LogP contribution in [0.15, 0.2) is 10.6 Å². The van der Waals surface area contributed by atoms with Crippen molar-refractivity contribution >= 4 is 5.95 Å². The van der Waals surface area contributed by atoms with Crippen LogP contribution in [0.3, 0.4) is 0 Å². The number of H-pyrrole nitrogens is 1. The number of nitrogens with one attached hydrogen (secondary N) is 2. The van der Waals surface area contributed by atoms with Gasteiger partial charge in [-0.3, -0.25) is 5.10 Å². The fraction of sp³-hybridized carbons (Fsp3) is 0.545. The number of hydrogen-bond acceptors (Lipinski definition) is 6. The zero-order valence-electron chi connectivity index (χ0n) is 10.5. The molecule has 1 fully saturated rings. The van der Waals surface area contributed by atoms with Crippen LogP contribution in [0.5, 0.6) is 0 Å². The van der Waals surface area contributed by atoms with Crippen LogP contribution in [0.4, 0.5) is 5.95 Å². The number of rotatable bonds is 2. The van der Waals surface area contributed by atoms with E-state index in [9.17, 15) is 0 Å². The molecule has 7 heteroatoms. The van der Waals surface area contributed by atoms with Crippen LogP contribution in [-0.4, -0.2) is 46.0 Å². The molecule has 2 aromatic heterocycles. The summed E-state index contributed by atoms with van der Waals surface area (Å²) in [5.74, 6) is 1.96. The Balaban J connectivity index is 1.80. The Hall–Kier alpha value is -1.89. The second-order valence-corrected chi connectivity index (χ2v) is 4.62. The second-order valence-electron chi connectivity index (χ2n) is 4.62. The third-order valence-corrected chi connectivity index (χ3v) is 2.99. The van der Waals surface area contributed by atoms with Gasteiger partial charge < -0.3 is 14.7 Å². The van der Waals surface area contributed by atoms with Gasteiger partial charge >= 0.3 is 0 Å². The molecule has 0 aromatic carbocycles. The standard InChI is InChI=1S/C11H16N6O/c1-7-5-9(18-16-7)10-13-11(15-14-10)17-4-3-12-8(2)6-17/h5,8,12H,3-4,6H2,1-2H3,(H,13,14,15)/t8-/m0/s1. The van der Waals surface area contributed by atoms with Gasteiger partial charge in [-0.1, -0.05) is 5.16 Å². The van der Waals surface area contributed by atoms with Crippen molar-refractivity contribution in [1.82, 2.24) is 25.7 Å². The van der Waals surface area contributed by atoms with E-state index in [1.807, 2.05) is 13.0 Å². The van der Waals surface area contributed by atoms with Gasteiger partial charge in [0.05, 0.1) is 5.69 Å². The van der Waals surface area contributed by atoms with Crippen molar-refractivity contribution in [1.29, 1.82) is 0 Å². The Kier molecular flexibility index (Phi) is 2.75. The maximum atomic E-state index is 5.16. The van der Waals surface area contributed by atoms with Gasteiger partial charge in [0.25, 0.3) is 0 Å². The maximum Gasteiger partial charge on any atom is 0.245 e. The summed E-state index contributed by atoms with van der Waals surface area (Å²) in [6.07, 6.45) is 0. The Morgan fingerprint density at radius 1 is 1.50 bits per heavy atom. The summed E-state index contributed by atoms with van der Waals surface area (Å²) in [5, 5.41) is 14.4. The number of aromatic amines is 1. The third-order valence-electron chi connectivity index (χ3n) is 2.99. The Morgan fingerprint density at radius 3 is 3.11 bits per heavy atom. The highest BCUT2D eigenvalue weighted by Gasteiger charge is 2.20. The van der Waals surface area contributed by atoms with E-state index >= 15 is 0 Å². The molecule has 0 amide bonds. The zero-order chi connectivity index (χ0) is 12.5. The molecular weight excluding hydrogens is 232 g/mol. The smallest absolute Gasteiger partial charge is 0.245 e. The van der Waals surface area contributed by atoms with Gasteiger partial charge in [-0.15, -0.1) is 5.10 Å². The summed E-state index contributed by atoms with van der Waals surface area (Å²) in [5.41, 5.74) is 0.832. The summed E-state index contributed by atoms with van der Waals surface area (Å²) < 4.78 is 5.16. The highest BCUT2D eigenvalue weighted by atomic mass is 16.5. The average molecular weight is 248 g/mol. The van der Waals surface area contributed by atoms with Gasteiger partial charge in [0.15, 0.2) is 5.82 Å². The SMILES string of the molecule is Cc1cc(-c2nc(N3CCN[C@@H](C)C3)n[nH]2)on1. The fourth-order valence-corrected chi connectivity index (χ4v) is 2.09. The summed E-state index contributed by atoms with van der Waals surface area (Å²) >= 11 is 0. The lowest BCUT2D eigenvalue weighted by atomic mass is 10.2. The van der Waals surface area contributed by atoms with Crippen molar-refractivity contribution in [3.63, 3.8) is 0 Å². The van der Waals surface area contributed by atoms with Crippen LogP contribution in [0.1, 0.15) is 12.6 Å². The first-order chi connectivity index (χ1) is 8.72. The number of aromatic nitrogens is 4. The van der Waals surface area contributed by atoms with Crippen LogP contribution >= 0.6 is 0 Å². The third kappa shape index (κ3) is 2.08. The number of anilines is 1. The van der Waals surface area contributed by atoms with Gasteiger partial charge in [0, 0.05) is 31.7 Å². The van der Waals surface area contributed by atoms with E-state index < -0.39 is 0 Å². The molecule has 0 bridgehead atoms. The van der Waals surface area contributed by atoms with Crippen LogP contribution in [0.2, 0.25) is 0 Å². The normalized spacial score (nSPS) is 20.3. The van der Waals surface area contributed by atoms with Crippen LogP contribution in [-0.2, 0) is 0 Å². The lowest BCUT2D eigenvalue weighted by Gasteiger charge is -2.30. The molecule has 7 nitrogen and oxygen atoms in total. The summed E-state index contributed by atoms with van der Waals surface area (Å²) in [6.45, 7) is 6.80. The van der Waals surface area contributed by atoms with Crippen molar-refractivity contribution in [2.24, 2.45) is 0 Å². The molecular formula is C11H16N6O. The van der Waals surface area contributed by atoms with Gasteiger partial charge in [-0.05, 0) is 13.8 Å². The minimum atomic E-state index is 0.452. The minimum Gasteiger partial charge on any atom is -0.353 e. The van der Waals surface area contributed by atoms with Crippen molar-refractivity contribution < 1.29 is 4.52 Å². The quantitative estimate of drug-likeness (QED) is 0.808. The highest BCUT2D eigenvalue weighted by molar-refractivity contribution is 5.49. The molecule has 1 aliphatic heterocycles. The average Bonchev–Trinajstić information content (AvgIpc) is 2.97. The van der Waals surface area contributed by atoms with E-state index in [1.54, 1.807) is 0 Å². The van der Waals surface area contributed by atoms with E-state index in [0.29, 0.717) is 23.6 Å². The van der Waals surface area contributed by atoms with Gasteiger partial charge in [-0.2, -0.15) is 4.98 Å². The summed E-state index contributed by atoms with van der Waals surface area (Å²) in [7, 11) is 0. The predicted octanol–water partition coefficient (Wildman–Crippen LogP) is 0.566. The Labute approximate surface area is 105 Å². The predicted molar refractivity (Wildman–Crippen MR) is 66.3 cm³/mol. The monoisotopic (exact) mass is 248 g/mol. The van der Waals surface area contributed by atoms with Gasteiger partial charge in [0.2, 0.25) is 11.7 Å². The molecule has 1 aliphatic rings. The van der Waals surface area contributed by atoms with E-state index in [-0.39, 0.29) is 0 Å². The largest absolute Gasteiger partial charge is 0.353 e. The molecule has 0 spiro atoms. The molecule has 1 saturated heterocycles. The van der Waals surface area contributed by atoms with Crippen molar-refractivity contribution in [2.75, 3.05) is 24.5 Å². The van der Waals surface area contributed by atoms with Gasteiger partial charge in [-0.25, -0.2) is 0 Å². The molecule has 1 atom stereocenters. The lowest BCUT2D eigenvalue weighted by molar-refractivity contribution is 0.424. The Morgan fingerprint density at radius 2 is 2.39 bits per heavy atom. The lowest BCUT2D eigenvalue weighted by Crippen LogP contribution is -2.49. The first-order valence-electron chi connectivity index (χ1n) is 6.07. The van der Waals surface area contributed by atoms with E-state index in [2.05, 4.69) is 37.5 Å². The molecule has 0 aliphatic carbocycles. The molecule has 0 radical (unpaired) electrons. The maximum absolute atomic E-state index is 5.16. The Bertz CT molecular complexity index is 533. The first kappa shape index (κ1) is 11.2. The minimum absolute atomic E-state index is 0.452. The fourth-order valence-electron chi connectivity index (χ4n) is 2.09. The molecule has 0 saturated carbocycles. The van der Waals surface area contributed by atoms with Gasteiger partial charge in [0.1, 0.15) is 0 Å². The molecule has 2 aromatic rings. The number of nitrogens with zero attached hydrogens (tertiary/aromatic N) is 4. The molecule has 0 unspecified atom stereocenters. The van der Waals surface area contributed by atoms with Crippen LogP contribution in [0.25, 0.3) is 11.6 Å². The number of hydrogen-bond donors (Lipinski definition) is 2. The van der Waals surface area contributed by atoms with Crippen LogP contribution < -0.4 is 10.2 Å². The van der Waals surface area contributed by atoms with E-state index in [1.165, 1.54) is 0 Å². The van der Waals surface area contributed by atoms with Crippen LogP contribution in [0, 0.1) is 6.92 Å². The number of piperazine rings is 1. The van der Waals surface area contributed by atoms with E-state index in [0.717, 1.165) is 25.3 Å². The second kappa shape index (κ2) is 4.41. The molecule has 96 valence electrons. The summed E-state index contributed by atoms with van der Waals surface area (Å²) in [6, 6.07) is 2.29. The topological polar surface area (TPSA) is 82.9 Å². The van der Waals surface area contributed by atoms with Crippen molar-refractivity contribution in [2.45, 2.75) is 19.9 Å². The molecule has 2 N–H and O–H groups in total. The number of aryl methyl sites for hydroxylation is 1.